The second kappa shape index (κ2) is 7.54. The fourth-order valence-electron chi connectivity index (χ4n) is 2.96. The number of pyridine rings is 1. The topological polar surface area (TPSA) is 91.4 Å². The molecule has 1 aromatic heterocycles. The average molecular weight is 407 g/mol. The quantitative estimate of drug-likeness (QED) is 0.588. The molecule has 1 unspecified atom stereocenters. The molecule has 2 aromatic rings. The zero-order valence-corrected chi connectivity index (χ0v) is 15.8. The number of nitrogens with one attached hydrogen (secondary N) is 2. The van der Waals surface area contributed by atoms with Gasteiger partial charge in [-0.3, -0.25) is 14.5 Å². The summed E-state index contributed by atoms with van der Waals surface area (Å²) < 4.78 is 0. The normalized spacial score (nSPS) is 19.1. The van der Waals surface area contributed by atoms with Crippen LogP contribution < -0.4 is 10.6 Å². The van der Waals surface area contributed by atoms with Crippen LogP contribution in [0.15, 0.2) is 42.6 Å². The van der Waals surface area contributed by atoms with Gasteiger partial charge < -0.3 is 10.6 Å². The Morgan fingerprint density at radius 1 is 1.22 bits per heavy atom. The summed E-state index contributed by atoms with van der Waals surface area (Å²) in [5, 5.41) is 5.89. The molecule has 2 N–H and O–H groups in total. The van der Waals surface area contributed by atoms with E-state index in [0.29, 0.717) is 22.7 Å². The van der Waals surface area contributed by atoms with Crippen molar-refractivity contribution >= 4 is 46.7 Å². The van der Waals surface area contributed by atoms with E-state index in [2.05, 4.69) is 15.6 Å². The fraction of sp³-hybridized carbons (Fsp3) is 0.222. The minimum atomic E-state index is -1.23. The Balaban J connectivity index is 1.80. The van der Waals surface area contributed by atoms with Gasteiger partial charge in [0.2, 0.25) is 5.91 Å². The van der Waals surface area contributed by atoms with Crippen molar-refractivity contribution in [3.05, 3.63) is 58.3 Å². The fourth-order valence-corrected chi connectivity index (χ4v) is 3.25. The molecular formula is C18H16Cl2N4O3. The third kappa shape index (κ3) is 3.61. The molecular weight excluding hydrogens is 391 g/mol. The Morgan fingerprint density at radius 3 is 2.56 bits per heavy atom. The van der Waals surface area contributed by atoms with E-state index in [1.54, 1.807) is 43.3 Å². The van der Waals surface area contributed by atoms with Crippen LogP contribution in [-0.2, 0) is 15.1 Å². The molecule has 0 bridgehead atoms. The molecule has 1 aliphatic heterocycles. The van der Waals surface area contributed by atoms with Gasteiger partial charge in [-0.1, -0.05) is 42.3 Å². The molecule has 0 radical (unpaired) electrons. The summed E-state index contributed by atoms with van der Waals surface area (Å²) >= 11 is 11.8. The van der Waals surface area contributed by atoms with Crippen LogP contribution in [0.25, 0.3) is 0 Å². The first kappa shape index (κ1) is 19.1. The number of anilines is 1. The number of hydrogen-bond donors (Lipinski definition) is 2. The molecule has 1 atom stereocenters. The summed E-state index contributed by atoms with van der Waals surface area (Å²) in [6, 6.07) is 9.21. The number of aromatic nitrogens is 1. The van der Waals surface area contributed by atoms with Gasteiger partial charge in [0.25, 0.3) is 5.91 Å². The van der Waals surface area contributed by atoms with Gasteiger partial charge in [-0.25, -0.2) is 9.78 Å². The number of urea groups is 1. The van der Waals surface area contributed by atoms with Crippen LogP contribution in [-0.4, -0.2) is 34.3 Å². The van der Waals surface area contributed by atoms with Crippen LogP contribution in [0.2, 0.25) is 10.2 Å². The molecule has 0 saturated carbocycles. The van der Waals surface area contributed by atoms with Crippen LogP contribution in [0.5, 0.6) is 0 Å². The molecule has 0 spiro atoms. The van der Waals surface area contributed by atoms with E-state index in [0.717, 1.165) is 4.90 Å². The Labute approximate surface area is 165 Å². The third-order valence-corrected chi connectivity index (χ3v) is 4.93. The lowest BCUT2D eigenvalue weighted by Gasteiger charge is -2.25. The molecule has 140 valence electrons. The highest BCUT2D eigenvalue weighted by Gasteiger charge is 2.51. The van der Waals surface area contributed by atoms with Gasteiger partial charge in [-0.05, 0) is 36.2 Å². The number of amides is 4. The van der Waals surface area contributed by atoms with E-state index in [1.807, 2.05) is 0 Å². The van der Waals surface area contributed by atoms with E-state index < -0.39 is 29.9 Å². The smallest absolute Gasteiger partial charge is 0.322 e. The molecule has 1 aromatic carbocycles. The average Bonchev–Trinajstić information content (AvgIpc) is 2.89. The molecule has 1 aliphatic rings. The third-order valence-electron chi connectivity index (χ3n) is 4.38. The second-order valence-corrected chi connectivity index (χ2v) is 6.77. The van der Waals surface area contributed by atoms with Gasteiger partial charge in [-0.15, -0.1) is 0 Å². The maximum atomic E-state index is 13.0. The van der Waals surface area contributed by atoms with E-state index in [1.165, 1.54) is 6.20 Å². The highest BCUT2D eigenvalue weighted by atomic mass is 35.5. The number of imide groups is 1. The van der Waals surface area contributed by atoms with Gasteiger partial charge in [0.05, 0.1) is 5.69 Å². The molecule has 4 amide bonds. The maximum Gasteiger partial charge on any atom is 0.325 e. The van der Waals surface area contributed by atoms with Gasteiger partial charge in [-0.2, -0.15) is 0 Å². The molecule has 2 heterocycles. The highest BCUT2D eigenvalue weighted by molar-refractivity contribution is 6.32. The number of halogens is 2. The molecule has 1 fully saturated rings. The standard InChI is InChI=1S/C18H16Cl2N4O3/c1-2-18(11-5-7-12(19)8-6-11)16(26)24(17(27)23-18)10-14(25)22-13-4-3-9-21-15(13)20/h3-9H,2,10H2,1H3,(H,22,25)(H,23,27). The van der Waals surface area contributed by atoms with Crippen molar-refractivity contribution < 1.29 is 14.4 Å². The second-order valence-electron chi connectivity index (χ2n) is 5.98. The molecule has 3 rings (SSSR count). The number of rotatable bonds is 5. The molecule has 1 saturated heterocycles. The highest BCUT2D eigenvalue weighted by Crippen LogP contribution is 2.33. The van der Waals surface area contributed by atoms with Gasteiger partial charge in [0, 0.05) is 11.2 Å². The Morgan fingerprint density at radius 2 is 1.93 bits per heavy atom. The molecule has 7 nitrogen and oxygen atoms in total. The van der Waals surface area contributed by atoms with E-state index in [9.17, 15) is 14.4 Å². The van der Waals surface area contributed by atoms with Crippen molar-refractivity contribution in [3.8, 4) is 0 Å². The first-order valence-electron chi connectivity index (χ1n) is 8.18. The minimum Gasteiger partial charge on any atom is -0.322 e. The summed E-state index contributed by atoms with van der Waals surface area (Å²) in [5.74, 6) is -1.05. The molecule has 9 heteroatoms. The zero-order chi connectivity index (χ0) is 19.6. The van der Waals surface area contributed by atoms with Crippen LogP contribution in [0, 0.1) is 0 Å². The first-order chi connectivity index (χ1) is 12.9. The summed E-state index contributed by atoms with van der Waals surface area (Å²) in [7, 11) is 0. The first-order valence-corrected chi connectivity index (χ1v) is 8.93. The summed E-state index contributed by atoms with van der Waals surface area (Å²) in [6.07, 6.45) is 1.81. The van der Waals surface area contributed by atoms with Crippen LogP contribution in [0.4, 0.5) is 10.5 Å². The van der Waals surface area contributed by atoms with Crippen LogP contribution in [0.3, 0.4) is 0 Å². The number of nitrogens with zero attached hydrogens (tertiary/aromatic N) is 2. The predicted octanol–water partition coefficient (Wildman–Crippen LogP) is 3.18. The van der Waals surface area contributed by atoms with Gasteiger partial charge in [0.15, 0.2) is 5.15 Å². The number of hydrogen-bond acceptors (Lipinski definition) is 4. The van der Waals surface area contributed by atoms with Crippen LogP contribution in [0.1, 0.15) is 18.9 Å². The number of benzene rings is 1. The summed E-state index contributed by atoms with van der Waals surface area (Å²) in [4.78, 5) is 42.5. The number of carbonyl (C=O) groups is 3. The summed E-state index contributed by atoms with van der Waals surface area (Å²) in [5.41, 5.74) is -0.324. The van der Waals surface area contributed by atoms with E-state index in [4.69, 9.17) is 23.2 Å². The van der Waals surface area contributed by atoms with Crippen molar-refractivity contribution in [2.24, 2.45) is 0 Å². The Kier molecular flexibility index (Phi) is 5.34. The molecule has 0 aliphatic carbocycles. The molecule has 27 heavy (non-hydrogen) atoms. The van der Waals surface area contributed by atoms with Crippen molar-refractivity contribution in [1.29, 1.82) is 0 Å². The summed E-state index contributed by atoms with van der Waals surface area (Å²) in [6.45, 7) is 1.34. The zero-order valence-electron chi connectivity index (χ0n) is 14.3. The van der Waals surface area contributed by atoms with Crippen molar-refractivity contribution in [3.63, 3.8) is 0 Å². The lowest BCUT2D eigenvalue weighted by atomic mass is 9.87. The largest absolute Gasteiger partial charge is 0.325 e. The van der Waals surface area contributed by atoms with Gasteiger partial charge >= 0.3 is 6.03 Å². The maximum absolute atomic E-state index is 13.0. The SMILES string of the molecule is CCC1(c2ccc(Cl)cc2)NC(=O)N(CC(=O)Nc2cccnc2Cl)C1=O. The lowest BCUT2D eigenvalue weighted by Crippen LogP contribution is -2.44. The number of carbonyl (C=O) groups excluding carboxylic acids is 3. The van der Waals surface area contributed by atoms with Crippen molar-refractivity contribution in [1.82, 2.24) is 15.2 Å². The monoisotopic (exact) mass is 406 g/mol. The predicted molar refractivity (Wildman–Crippen MR) is 102 cm³/mol. The minimum absolute atomic E-state index is 0.118. The van der Waals surface area contributed by atoms with E-state index >= 15 is 0 Å². The van der Waals surface area contributed by atoms with Crippen molar-refractivity contribution in [2.75, 3.05) is 11.9 Å². The Bertz CT molecular complexity index is 904. The van der Waals surface area contributed by atoms with Gasteiger partial charge in [0.1, 0.15) is 12.1 Å². The lowest BCUT2D eigenvalue weighted by molar-refractivity contribution is -0.134. The van der Waals surface area contributed by atoms with E-state index in [-0.39, 0.29) is 5.15 Å². The van der Waals surface area contributed by atoms with Crippen LogP contribution >= 0.6 is 23.2 Å². The van der Waals surface area contributed by atoms with Crippen molar-refractivity contribution in [2.45, 2.75) is 18.9 Å². The Hall–Kier alpha value is -2.64.